The predicted octanol–water partition coefficient (Wildman–Crippen LogP) is 0.420. The molecule has 2 saturated heterocycles. The van der Waals surface area contributed by atoms with Crippen LogP contribution in [0.3, 0.4) is 0 Å². The molecule has 6 nitrogen and oxygen atoms in total. The summed E-state index contributed by atoms with van der Waals surface area (Å²) in [5.74, 6) is -0.291. The number of carbonyl (C=O) groups is 2. The number of morpholine rings is 1. The van der Waals surface area contributed by atoms with Gasteiger partial charge in [0.2, 0.25) is 5.91 Å². The van der Waals surface area contributed by atoms with Gasteiger partial charge in [0.1, 0.15) is 0 Å². The smallest absolute Gasteiger partial charge is 0.303 e. The van der Waals surface area contributed by atoms with Gasteiger partial charge in [-0.25, -0.2) is 0 Å². The van der Waals surface area contributed by atoms with Gasteiger partial charge in [0.15, 0.2) is 0 Å². The summed E-state index contributed by atoms with van der Waals surface area (Å²) in [4.78, 5) is 27.2. The largest absolute Gasteiger partial charge is 0.481 e. The summed E-state index contributed by atoms with van der Waals surface area (Å²) in [5.41, 5.74) is 0. The van der Waals surface area contributed by atoms with E-state index in [1.165, 1.54) is 0 Å². The summed E-state index contributed by atoms with van der Waals surface area (Å²) in [6.45, 7) is 6.19. The van der Waals surface area contributed by atoms with Gasteiger partial charge >= 0.3 is 5.97 Å². The average molecular weight is 284 g/mol. The van der Waals surface area contributed by atoms with E-state index in [0.717, 1.165) is 25.9 Å². The lowest BCUT2D eigenvalue weighted by molar-refractivity contribution is -0.142. The fourth-order valence-electron chi connectivity index (χ4n) is 3.00. The topological polar surface area (TPSA) is 70.1 Å². The fourth-order valence-corrected chi connectivity index (χ4v) is 3.00. The molecule has 0 aromatic rings. The number of rotatable bonds is 4. The number of hydrogen-bond acceptors (Lipinski definition) is 4. The molecule has 0 saturated carbocycles. The van der Waals surface area contributed by atoms with E-state index in [2.05, 4.69) is 4.90 Å². The Balaban J connectivity index is 1.80. The lowest BCUT2D eigenvalue weighted by Crippen LogP contribution is -2.52. The van der Waals surface area contributed by atoms with E-state index >= 15 is 0 Å². The van der Waals surface area contributed by atoms with Crippen LogP contribution < -0.4 is 0 Å². The molecule has 0 aliphatic carbocycles. The van der Waals surface area contributed by atoms with Crippen LogP contribution in [0.15, 0.2) is 0 Å². The van der Waals surface area contributed by atoms with Crippen LogP contribution in [0.25, 0.3) is 0 Å². The summed E-state index contributed by atoms with van der Waals surface area (Å²) in [7, 11) is 0. The van der Waals surface area contributed by atoms with Crippen molar-refractivity contribution in [2.75, 3.05) is 39.4 Å². The third kappa shape index (κ3) is 3.93. The van der Waals surface area contributed by atoms with Crippen molar-refractivity contribution in [1.29, 1.82) is 0 Å². The lowest BCUT2D eigenvalue weighted by Gasteiger charge is -2.38. The molecule has 1 amide bonds. The fraction of sp³-hybridized carbons (Fsp3) is 0.857. The van der Waals surface area contributed by atoms with E-state index in [4.69, 9.17) is 9.84 Å². The normalized spacial score (nSPS) is 23.6. The molecule has 0 aromatic heterocycles. The van der Waals surface area contributed by atoms with E-state index in [0.29, 0.717) is 26.3 Å². The SMILES string of the molecule is CC(C(=O)N1CCOCC1)N1CCC(CC(=O)O)CC1. The maximum Gasteiger partial charge on any atom is 0.303 e. The molecule has 2 heterocycles. The maximum absolute atomic E-state index is 12.4. The third-order valence-electron chi connectivity index (χ3n) is 4.34. The van der Waals surface area contributed by atoms with Crippen molar-refractivity contribution in [2.24, 2.45) is 5.92 Å². The molecular weight excluding hydrogens is 260 g/mol. The molecule has 6 heteroatoms. The van der Waals surface area contributed by atoms with Gasteiger partial charge in [0.05, 0.1) is 19.3 Å². The number of nitrogens with zero attached hydrogens (tertiary/aromatic N) is 2. The second-order valence-electron chi connectivity index (χ2n) is 5.69. The van der Waals surface area contributed by atoms with Crippen molar-refractivity contribution in [1.82, 2.24) is 9.80 Å². The van der Waals surface area contributed by atoms with Crippen molar-refractivity contribution < 1.29 is 19.4 Å². The van der Waals surface area contributed by atoms with Gasteiger partial charge in [0, 0.05) is 19.5 Å². The van der Waals surface area contributed by atoms with E-state index in [9.17, 15) is 9.59 Å². The highest BCUT2D eigenvalue weighted by Crippen LogP contribution is 2.22. The van der Waals surface area contributed by atoms with Crippen molar-refractivity contribution in [2.45, 2.75) is 32.2 Å². The molecule has 0 radical (unpaired) electrons. The molecule has 1 unspecified atom stereocenters. The minimum atomic E-state index is -0.721. The molecular formula is C14H24N2O4. The van der Waals surface area contributed by atoms with Crippen LogP contribution in [0, 0.1) is 5.92 Å². The zero-order valence-electron chi connectivity index (χ0n) is 12.1. The number of likely N-dealkylation sites (tertiary alicyclic amines) is 1. The third-order valence-corrected chi connectivity index (χ3v) is 4.34. The number of carboxylic acids is 1. The molecule has 114 valence electrons. The first kappa shape index (κ1) is 15.3. The Kier molecular flexibility index (Phi) is 5.37. The number of ether oxygens (including phenoxy) is 1. The van der Waals surface area contributed by atoms with E-state index < -0.39 is 5.97 Å². The molecule has 1 atom stereocenters. The van der Waals surface area contributed by atoms with E-state index in [-0.39, 0.29) is 24.3 Å². The Labute approximate surface area is 119 Å². The van der Waals surface area contributed by atoms with Crippen LogP contribution in [-0.2, 0) is 14.3 Å². The van der Waals surface area contributed by atoms with Crippen LogP contribution in [-0.4, -0.2) is 72.2 Å². The Hall–Kier alpha value is -1.14. The first-order valence-corrected chi connectivity index (χ1v) is 7.40. The molecule has 1 N–H and O–H groups in total. The minimum absolute atomic E-state index is 0.112. The molecule has 2 rings (SSSR count). The van der Waals surface area contributed by atoms with Gasteiger partial charge in [0.25, 0.3) is 0 Å². The summed E-state index contributed by atoms with van der Waals surface area (Å²) < 4.78 is 5.26. The maximum atomic E-state index is 12.4. The second kappa shape index (κ2) is 7.04. The van der Waals surface area contributed by atoms with Gasteiger partial charge in [-0.3, -0.25) is 14.5 Å². The molecule has 0 bridgehead atoms. The Morgan fingerprint density at radius 2 is 1.80 bits per heavy atom. The molecule has 2 aliphatic rings. The monoisotopic (exact) mass is 284 g/mol. The zero-order chi connectivity index (χ0) is 14.5. The van der Waals surface area contributed by atoms with Crippen LogP contribution in [0.4, 0.5) is 0 Å². The molecule has 0 spiro atoms. The number of carbonyl (C=O) groups excluding carboxylic acids is 1. The Morgan fingerprint density at radius 3 is 2.35 bits per heavy atom. The summed E-state index contributed by atoms with van der Waals surface area (Å²) in [6, 6.07) is -0.112. The van der Waals surface area contributed by atoms with Crippen molar-refractivity contribution in [3.8, 4) is 0 Å². The highest BCUT2D eigenvalue weighted by molar-refractivity contribution is 5.81. The van der Waals surface area contributed by atoms with E-state index in [1.54, 1.807) is 0 Å². The van der Waals surface area contributed by atoms with E-state index in [1.807, 2.05) is 11.8 Å². The van der Waals surface area contributed by atoms with Gasteiger partial charge in [-0.05, 0) is 38.8 Å². The summed E-state index contributed by atoms with van der Waals surface area (Å²) in [5, 5.41) is 8.81. The highest BCUT2D eigenvalue weighted by atomic mass is 16.5. The first-order chi connectivity index (χ1) is 9.58. The molecule has 2 fully saturated rings. The summed E-state index contributed by atoms with van der Waals surface area (Å²) >= 11 is 0. The number of amides is 1. The molecule has 0 aromatic carbocycles. The standard InChI is InChI=1S/C14H24N2O4/c1-11(14(19)16-6-8-20-9-7-16)15-4-2-12(3-5-15)10-13(17)18/h11-12H,2-10H2,1H3,(H,17,18). The quantitative estimate of drug-likeness (QED) is 0.810. The van der Waals surface area contributed by atoms with Gasteiger partial charge in [-0.2, -0.15) is 0 Å². The van der Waals surface area contributed by atoms with Crippen LogP contribution in [0.5, 0.6) is 0 Å². The first-order valence-electron chi connectivity index (χ1n) is 7.40. The lowest BCUT2D eigenvalue weighted by atomic mass is 9.93. The van der Waals surface area contributed by atoms with Crippen LogP contribution in [0.1, 0.15) is 26.2 Å². The highest BCUT2D eigenvalue weighted by Gasteiger charge is 2.30. The second-order valence-corrected chi connectivity index (χ2v) is 5.69. The summed E-state index contributed by atoms with van der Waals surface area (Å²) in [6.07, 6.45) is 1.99. The number of piperidine rings is 1. The predicted molar refractivity (Wildman–Crippen MR) is 73.4 cm³/mol. The van der Waals surface area contributed by atoms with Crippen LogP contribution >= 0.6 is 0 Å². The minimum Gasteiger partial charge on any atom is -0.481 e. The van der Waals surface area contributed by atoms with Crippen molar-refractivity contribution in [3.05, 3.63) is 0 Å². The molecule has 20 heavy (non-hydrogen) atoms. The van der Waals surface area contributed by atoms with Crippen LogP contribution in [0.2, 0.25) is 0 Å². The van der Waals surface area contributed by atoms with Crippen molar-refractivity contribution in [3.63, 3.8) is 0 Å². The molecule has 2 aliphatic heterocycles. The van der Waals surface area contributed by atoms with Crippen molar-refractivity contribution >= 4 is 11.9 Å². The van der Waals surface area contributed by atoms with Gasteiger partial charge in [-0.1, -0.05) is 0 Å². The number of carboxylic acid groups (broad SMARTS) is 1. The number of aliphatic carboxylic acids is 1. The Bertz CT molecular complexity index is 347. The van der Waals surface area contributed by atoms with Gasteiger partial charge < -0.3 is 14.7 Å². The average Bonchev–Trinajstić information content (AvgIpc) is 2.47. The Morgan fingerprint density at radius 1 is 1.20 bits per heavy atom. The van der Waals surface area contributed by atoms with Gasteiger partial charge in [-0.15, -0.1) is 0 Å². The zero-order valence-corrected chi connectivity index (χ0v) is 12.1. The number of hydrogen-bond donors (Lipinski definition) is 1.